The molecule has 0 amide bonds. The van der Waals surface area contributed by atoms with Crippen LogP contribution < -0.4 is 0 Å². The Morgan fingerprint density at radius 2 is 2.00 bits per heavy atom. The summed E-state index contributed by atoms with van der Waals surface area (Å²) in [5.74, 6) is 0. The molecule has 1 nitrogen and oxygen atoms in total. The molecule has 0 saturated heterocycles. The maximum absolute atomic E-state index is 9.49. The summed E-state index contributed by atoms with van der Waals surface area (Å²) in [4.78, 5) is 0. The van der Waals surface area contributed by atoms with Gasteiger partial charge in [-0.25, -0.2) is 0 Å². The molecule has 1 N–H and O–H groups in total. The van der Waals surface area contributed by atoms with Gasteiger partial charge in [-0.05, 0) is 25.3 Å². The van der Waals surface area contributed by atoms with Crippen molar-refractivity contribution in [3.8, 4) is 0 Å². The lowest BCUT2D eigenvalue weighted by Crippen LogP contribution is -2.08. The van der Waals surface area contributed by atoms with E-state index in [0.717, 1.165) is 18.4 Å². The number of benzene rings is 1. The van der Waals surface area contributed by atoms with Crippen molar-refractivity contribution in [2.75, 3.05) is 0 Å². The predicted molar refractivity (Wildman–Crippen MR) is 55.6 cm³/mol. The third-order valence-corrected chi connectivity index (χ3v) is 2.12. The van der Waals surface area contributed by atoms with Gasteiger partial charge >= 0.3 is 0 Å². The van der Waals surface area contributed by atoms with Gasteiger partial charge in [-0.15, -0.1) is 0 Å². The van der Waals surface area contributed by atoms with Crippen LogP contribution in [-0.2, 0) is 6.42 Å². The molecule has 1 aromatic carbocycles. The summed E-state index contributed by atoms with van der Waals surface area (Å²) in [5, 5.41) is 9.49. The molecule has 13 heavy (non-hydrogen) atoms. The van der Waals surface area contributed by atoms with E-state index in [4.69, 9.17) is 0 Å². The highest BCUT2D eigenvalue weighted by molar-refractivity contribution is 5.15. The van der Waals surface area contributed by atoms with Crippen molar-refractivity contribution in [1.82, 2.24) is 0 Å². The summed E-state index contributed by atoms with van der Waals surface area (Å²) in [6.07, 6.45) is 1.31. The Morgan fingerprint density at radius 1 is 1.38 bits per heavy atom. The number of hydrogen-bond donors (Lipinski definition) is 1. The van der Waals surface area contributed by atoms with Gasteiger partial charge in [0.2, 0.25) is 0 Å². The fourth-order valence-electron chi connectivity index (χ4n) is 1.19. The summed E-state index contributed by atoms with van der Waals surface area (Å²) in [6, 6.07) is 10.2. The molecule has 0 saturated carbocycles. The minimum absolute atomic E-state index is 0.361. The van der Waals surface area contributed by atoms with Crippen molar-refractivity contribution in [3.05, 3.63) is 48.0 Å². The lowest BCUT2D eigenvalue weighted by Gasteiger charge is -2.09. The Kier molecular flexibility index (Phi) is 3.71. The first-order chi connectivity index (χ1) is 6.20. The van der Waals surface area contributed by atoms with E-state index >= 15 is 0 Å². The fraction of sp³-hybridized carbons (Fsp3) is 0.333. The van der Waals surface area contributed by atoms with E-state index in [1.54, 1.807) is 0 Å². The molecule has 1 unspecified atom stereocenters. The molecule has 1 atom stereocenters. The van der Waals surface area contributed by atoms with Crippen molar-refractivity contribution in [1.29, 1.82) is 0 Å². The van der Waals surface area contributed by atoms with Gasteiger partial charge in [0.25, 0.3) is 0 Å². The van der Waals surface area contributed by atoms with Gasteiger partial charge in [0.1, 0.15) is 0 Å². The summed E-state index contributed by atoms with van der Waals surface area (Å²) < 4.78 is 0. The van der Waals surface area contributed by atoms with Crippen LogP contribution in [0.3, 0.4) is 0 Å². The Balaban J connectivity index is 2.39. The Bertz CT molecular complexity index is 264. The monoisotopic (exact) mass is 176 g/mol. The second-order valence-electron chi connectivity index (χ2n) is 3.39. The van der Waals surface area contributed by atoms with Gasteiger partial charge in [-0.1, -0.05) is 42.5 Å². The van der Waals surface area contributed by atoms with Gasteiger partial charge in [-0.2, -0.15) is 0 Å². The van der Waals surface area contributed by atoms with Crippen molar-refractivity contribution >= 4 is 0 Å². The van der Waals surface area contributed by atoms with E-state index in [1.807, 2.05) is 25.1 Å². The summed E-state index contributed by atoms with van der Waals surface area (Å²) >= 11 is 0. The average Bonchev–Trinajstić information content (AvgIpc) is 2.15. The first kappa shape index (κ1) is 10.0. The maximum atomic E-state index is 9.49. The molecule has 0 aliphatic heterocycles. The number of hydrogen-bond acceptors (Lipinski definition) is 1. The number of rotatable bonds is 4. The highest BCUT2D eigenvalue weighted by Crippen LogP contribution is 2.08. The smallest absolute Gasteiger partial charge is 0.0748 e. The van der Waals surface area contributed by atoms with Crippen LogP contribution in [0.4, 0.5) is 0 Å². The van der Waals surface area contributed by atoms with Crippen molar-refractivity contribution in [3.63, 3.8) is 0 Å². The average molecular weight is 176 g/mol. The zero-order valence-electron chi connectivity index (χ0n) is 8.03. The van der Waals surface area contributed by atoms with E-state index in [9.17, 15) is 5.11 Å². The third-order valence-electron chi connectivity index (χ3n) is 2.12. The van der Waals surface area contributed by atoms with Crippen molar-refractivity contribution < 1.29 is 5.11 Å². The quantitative estimate of drug-likeness (QED) is 0.699. The first-order valence-corrected chi connectivity index (χ1v) is 4.57. The van der Waals surface area contributed by atoms with Crippen LogP contribution in [0.25, 0.3) is 0 Å². The standard InChI is InChI=1S/C12H16O/c1-10(2)12(13)9-8-11-6-4-3-5-7-11/h3-7,12-13H,1,8-9H2,2H3. The molecular weight excluding hydrogens is 160 g/mol. The minimum atomic E-state index is -0.361. The zero-order valence-corrected chi connectivity index (χ0v) is 8.03. The molecule has 0 heterocycles. The van der Waals surface area contributed by atoms with Crippen molar-refractivity contribution in [2.24, 2.45) is 0 Å². The topological polar surface area (TPSA) is 20.2 Å². The van der Waals surface area contributed by atoms with Gasteiger partial charge in [0, 0.05) is 0 Å². The summed E-state index contributed by atoms with van der Waals surface area (Å²) in [5.41, 5.74) is 2.11. The second kappa shape index (κ2) is 4.83. The predicted octanol–water partition coefficient (Wildman–Crippen LogP) is 2.56. The van der Waals surface area contributed by atoms with Crippen LogP contribution >= 0.6 is 0 Å². The number of aryl methyl sites for hydroxylation is 1. The molecule has 70 valence electrons. The third kappa shape index (κ3) is 3.43. The van der Waals surface area contributed by atoms with E-state index in [-0.39, 0.29) is 6.10 Å². The summed E-state index contributed by atoms with van der Waals surface area (Å²) in [7, 11) is 0. The molecule has 0 aromatic heterocycles. The number of aliphatic hydroxyl groups is 1. The SMILES string of the molecule is C=C(C)C(O)CCc1ccccc1. The van der Waals surface area contributed by atoms with Crippen LogP contribution in [0.2, 0.25) is 0 Å². The first-order valence-electron chi connectivity index (χ1n) is 4.57. The molecule has 1 aromatic rings. The van der Waals surface area contributed by atoms with E-state index < -0.39 is 0 Å². The Morgan fingerprint density at radius 3 is 2.54 bits per heavy atom. The van der Waals surface area contributed by atoms with Gasteiger partial charge in [0.15, 0.2) is 0 Å². The summed E-state index contributed by atoms with van der Waals surface area (Å²) in [6.45, 7) is 5.57. The molecule has 0 spiro atoms. The molecule has 0 radical (unpaired) electrons. The molecule has 0 aliphatic carbocycles. The van der Waals surface area contributed by atoms with E-state index in [0.29, 0.717) is 0 Å². The second-order valence-corrected chi connectivity index (χ2v) is 3.39. The highest BCUT2D eigenvalue weighted by atomic mass is 16.3. The normalized spacial score (nSPS) is 12.5. The van der Waals surface area contributed by atoms with E-state index in [2.05, 4.69) is 18.7 Å². The van der Waals surface area contributed by atoms with Crippen LogP contribution in [0, 0.1) is 0 Å². The van der Waals surface area contributed by atoms with Gasteiger partial charge in [-0.3, -0.25) is 0 Å². The maximum Gasteiger partial charge on any atom is 0.0748 e. The van der Waals surface area contributed by atoms with Crippen LogP contribution in [0.1, 0.15) is 18.9 Å². The molecular formula is C12H16O. The molecule has 0 aliphatic rings. The Hall–Kier alpha value is -1.08. The molecule has 1 heteroatoms. The van der Waals surface area contributed by atoms with E-state index in [1.165, 1.54) is 5.56 Å². The number of aliphatic hydroxyl groups excluding tert-OH is 1. The van der Waals surface area contributed by atoms with Gasteiger partial charge < -0.3 is 5.11 Å². The zero-order chi connectivity index (χ0) is 9.68. The van der Waals surface area contributed by atoms with Crippen LogP contribution in [0.15, 0.2) is 42.5 Å². The fourth-order valence-corrected chi connectivity index (χ4v) is 1.19. The van der Waals surface area contributed by atoms with Crippen LogP contribution in [0.5, 0.6) is 0 Å². The molecule has 1 rings (SSSR count). The minimum Gasteiger partial charge on any atom is -0.389 e. The van der Waals surface area contributed by atoms with Crippen LogP contribution in [-0.4, -0.2) is 11.2 Å². The van der Waals surface area contributed by atoms with Gasteiger partial charge in [0.05, 0.1) is 6.10 Å². The highest BCUT2D eigenvalue weighted by Gasteiger charge is 2.03. The Labute approximate surface area is 79.7 Å². The van der Waals surface area contributed by atoms with Crippen molar-refractivity contribution in [2.45, 2.75) is 25.9 Å². The molecule has 0 bridgehead atoms. The lowest BCUT2D eigenvalue weighted by molar-refractivity contribution is 0.201. The molecule has 0 fully saturated rings. The largest absolute Gasteiger partial charge is 0.389 e. The lowest BCUT2D eigenvalue weighted by atomic mass is 10.0.